The molecule has 1 aromatic heterocycles. The van der Waals surface area contributed by atoms with Gasteiger partial charge in [0.05, 0.1) is 0 Å². The largest absolute Gasteiger partial charge is 0.349 e. The zero-order valence-electron chi connectivity index (χ0n) is 9.07. The minimum Gasteiger partial charge on any atom is -0.349 e. The van der Waals surface area contributed by atoms with Gasteiger partial charge in [0.1, 0.15) is 5.82 Å². The van der Waals surface area contributed by atoms with Crippen LogP contribution in [0.3, 0.4) is 0 Å². The minimum absolute atomic E-state index is 0.308. The van der Waals surface area contributed by atoms with Crippen LogP contribution in [0.5, 0.6) is 0 Å². The van der Waals surface area contributed by atoms with Gasteiger partial charge in [-0.15, -0.1) is 0 Å². The van der Waals surface area contributed by atoms with Crippen molar-refractivity contribution in [2.45, 2.75) is 12.5 Å². The van der Waals surface area contributed by atoms with Crippen molar-refractivity contribution in [3.05, 3.63) is 51.6 Å². The Morgan fingerprint density at radius 3 is 2.69 bits per heavy atom. The van der Waals surface area contributed by atoms with E-state index in [0.29, 0.717) is 6.04 Å². The van der Waals surface area contributed by atoms with Crippen LogP contribution in [-0.4, -0.2) is 17.0 Å². The third-order valence-electron chi connectivity index (χ3n) is 2.57. The first-order valence-corrected chi connectivity index (χ1v) is 6.28. The number of halogens is 1. The van der Waals surface area contributed by atoms with Crippen LogP contribution in [0.15, 0.2) is 36.7 Å². The summed E-state index contributed by atoms with van der Waals surface area (Å²) >= 11 is 2.32. The van der Waals surface area contributed by atoms with Crippen molar-refractivity contribution in [2.24, 2.45) is 0 Å². The number of likely N-dealkylation sites (N-methyl/N-ethyl adjacent to an activating group) is 1. The maximum absolute atomic E-state index is 4.25. The molecular formula is C12H14IN3. The van der Waals surface area contributed by atoms with Crippen molar-refractivity contribution >= 4 is 22.6 Å². The normalized spacial score (nSPS) is 12.6. The standard InChI is InChI=1S/C12H14IN3/c1-14-11(8-12-15-6-7-16-12)9-2-4-10(13)5-3-9/h2-7,11,14H,8H2,1H3,(H,15,16). The Kier molecular flexibility index (Phi) is 3.95. The van der Waals surface area contributed by atoms with E-state index in [2.05, 4.69) is 62.1 Å². The second kappa shape index (κ2) is 5.45. The molecule has 0 spiro atoms. The molecule has 3 nitrogen and oxygen atoms in total. The number of nitrogens with one attached hydrogen (secondary N) is 2. The Bertz CT molecular complexity index is 422. The molecule has 2 aromatic rings. The molecule has 0 radical (unpaired) electrons. The molecule has 1 aromatic carbocycles. The van der Waals surface area contributed by atoms with E-state index >= 15 is 0 Å². The van der Waals surface area contributed by atoms with Gasteiger partial charge in [0.25, 0.3) is 0 Å². The van der Waals surface area contributed by atoms with Gasteiger partial charge in [-0.1, -0.05) is 12.1 Å². The molecule has 0 aliphatic heterocycles. The minimum atomic E-state index is 0.308. The molecule has 0 bridgehead atoms. The summed E-state index contributed by atoms with van der Waals surface area (Å²) in [6.45, 7) is 0. The molecule has 16 heavy (non-hydrogen) atoms. The summed E-state index contributed by atoms with van der Waals surface area (Å²) in [5, 5.41) is 3.31. The SMILES string of the molecule is CNC(Cc1ncc[nH]1)c1ccc(I)cc1. The van der Waals surface area contributed by atoms with Crippen molar-refractivity contribution in [2.75, 3.05) is 7.05 Å². The van der Waals surface area contributed by atoms with Gasteiger partial charge in [-0.05, 0) is 47.3 Å². The first-order valence-electron chi connectivity index (χ1n) is 5.20. The number of imidazole rings is 1. The lowest BCUT2D eigenvalue weighted by molar-refractivity contribution is 0.578. The molecule has 4 heteroatoms. The summed E-state index contributed by atoms with van der Waals surface area (Å²) in [5.74, 6) is 1.01. The lowest BCUT2D eigenvalue weighted by Gasteiger charge is -2.15. The molecule has 0 aliphatic carbocycles. The highest BCUT2D eigenvalue weighted by molar-refractivity contribution is 14.1. The quantitative estimate of drug-likeness (QED) is 0.848. The van der Waals surface area contributed by atoms with Gasteiger partial charge < -0.3 is 10.3 Å². The predicted molar refractivity (Wildman–Crippen MR) is 73.3 cm³/mol. The van der Waals surface area contributed by atoms with Crippen LogP contribution in [0.2, 0.25) is 0 Å². The first-order chi connectivity index (χ1) is 7.79. The van der Waals surface area contributed by atoms with E-state index in [-0.39, 0.29) is 0 Å². The summed E-state index contributed by atoms with van der Waals surface area (Å²) in [6.07, 6.45) is 4.52. The van der Waals surface area contributed by atoms with Gasteiger partial charge in [-0.25, -0.2) is 4.98 Å². The van der Waals surface area contributed by atoms with Gasteiger partial charge in [-0.2, -0.15) is 0 Å². The van der Waals surface area contributed by atoms with Crippen molar-refractivity contribution in [3.8, 4) is 0 Å². The smallest absolute Gasteiger partial charge is 0.107 e. The van der Waals surface area contributed by atoms with Crippen LogP contribution in [0.1, 0.15) is 17.4 Å². The van der Waals surface area contributed by atoms with Crippen molar-refractivity contribution in [3.63, 3.8) is 0 Å². The van der Waals surface area contributed by atoms with Crippen molar-refractivity contribution in [1.82, 2.24) is 15.3 Å². The van der Waals surface area contributed by atoms with Crippen LogP contribution in [0, 0.1) is 3.57 Å². The Hall–Kier alpha value is -0.880. The zero-order chi connectivity index (χ0) is 11.4. The number of aromatic amines is 1. The van der Waals surface area contributed by atoms with Gasteiger partial charge in [0, 0.05) is 28.4 Å². The third kappa shape index (κ3) is 2.82. The number of rotatable bonds is 4. The first kappa shape index (κ1) is 11.6. The lowest BCUT2D eigenvalue weighted by atomic mass is 10.0. The average Bonchev–Trinajstić information content (AvgIpc) is 2.80. The summed E-state index contributed by atoms with van der Waals surface area (Å²) in [4.78, 5) is 7.38. The molecule has 84 valence electrons. The van der Waals surface area contributed by atoms with Crippen LogP contribution in [-0.2, 0) is 6.42 Å². The molecule has 0 saturated carbocycles. The lowest BCUT2D eigenvalue weighted by Crippen LogP contribution is -2.19. The Labute approximate surface area is 109 Å². The Morgan fingerprint density at radius 2 is 2.12 bits per heavy atom. The van der Waals surface area contributed by atoms with Crippen LogP contribution < -0.4 is 5.32 Å². The second-order valence-corrected chi connectivity index (χ2v) is 4.88. The van der Waals surface area contributed by atoms with Gasteiger partial charge in [0.2, 0.25) is 0 Å². The van der Waals surface area contributed by atoms with Gasteiger partial charge >= 0.3 is 0 Å². The summed E-state index contributed by atoms with van der Waals surface area (Å²) < 4.78 is 1.26. The van der Waals surface area contributed by atoms with Gasteiger partial charge in [-0.3, -0.25) is 0 Å². The molecule has 2 N–H and O–H groups in total. The van der Waals surface area contributed by atoms with Crippen LogP contribution >= 0.6 is 22.6 Å². The van der Waals surface area contributed by atoms with Crippen LogP contribution in [0.4, 0.5) is 0 Å². The topological polar surface area (TPSA) is 40.7 Å². The molecule has 2 rings (SSSR count). The van der Waals surface area contributed by atoms with Crippen LogP contribution in [0.25, 0.3) is 0 Å². The van der Waals surface area contributed by atoms with E-state index in [0.717, 1.165) is 12.2 Å². The molecule has 0 saturated heterocycles. The number of benzene rings is 1. The number of hydrogen-bond donors (Lipinski definition) is 2. The van der Waals surface area contributed by atoms with E-state index < -0.39 is 0 Å². The highest BCUT2D eigenvalue weighted by Crippen LogP contribution is 2.17. The number of nitrogens with zero attached hydrogens (tertiary/aromatic N) is 1. The molecular weight excluding hydrogens is 313 g/mol. The fourth-order valence-electron chi connectivity index (χ4n) is 1.68. The maximum Gasteiger partial charge on any atom is 0.107 e. The third-order valence-corrected chi connectivity index (χ3v) is 3.29. The highest BCUT2D eigenvalue weighted by Gasteiger charge is 2.10. The van der Waals surface area contributed by atoms with Gasteiger partial charge in [0.15, 0.2) is 0 Å². The van der Waals surface area contributed by atoms with Crippen molar-refractivity contribution < 1.29 is 0 Å². The molecule has 0 amide bonds. The van der Waals surface area contributed by atoms with E-state index in [4.69, 9.17) is 0 Å². The van der Waals surface area contributed by atoms with Crippen molar-refractivity contribution in [1.29, 1.82) is 0 Å². The van der Waals surface area contributed by atoms with E-state index in [1.807, 2.05) is 13.2 Å². The predicted octanol–water partition coefficient (Wildman–Crippen LogP) is 2.52. The summed E-state index contributed by atoms with van der Waals surface area (Å²) in [7, 11) is 1.98. The molecule has 1 atom stereocenters. The maximum atomic E-state index is 4.25. The summed E-state index contributed by atoms with van der Waals surface area (Å²) in [5.41, 5.74) is 1.29. The van der Waals surface area contributed by atoms with E-state index in [9.17, 15) is 0 Å². The average molecular weight is 327 g/mol. The molecule has 1 unspecified atom stereocenters. The number of H-pyrrole nitrogens is 1. The molecule has 1 heterocycles. The van der Waals surface area contributed by atoms with E-state index in [1.165, 1.54) is 9.13 Å². The Morgan fingerprint density at radius 1 is 1.38 bits per heavy atom. The summed E-state index contributed by atoms with van der Waals surface area (Å²) in [6, 6.07) is 8.88. The highest BCUT2D eigenvalue weighted by atomic mass is 127. The van der Waals surface area contributed by atoms with E-state index in [1.54, 1.807) is 6.20 Å². The molecule has 0 fully saturated rings. The fourth-order valence-corrected chi connectivity index (χ4v) is 2.04. The second-order valence-electron chi connectivity index (χ2n) is 3.63. The fraction of sp³-hybridized carbons (Fsp3) is 0.250. The Balaban J connectivity index is 2.13. The number of aromatic nitrogens is 2. The molecule has 0 aliphatic rings. The monoisotopic (exact) mass is 327 g/mol. The number of hydrogen-bond acceptors (Lipinski definition) is 2. The zero-order valence-corrected chi connectivity index (χ0v) is 11.2.